The van der Waals surface area contributed by atoms with Gasteiger partial charge in [-0.15, -0.1) is 0 Å². The fourth-order valence-corrected chi connectivity index (χ4v) is 4.09. The summed E-state index contributed by atoms with van der Waals surface area (Å²) in [6.07, 6.45) is -5.23. The Labute approximate surface area is 183 Å². The lowest BCUT2D eigenvalue weighted by Gasteiger charge is -2.24. The third-order valence-corrected chi connectivity index (χ3v) is 5.97. The van der Waals surface area contributed by atoms with Crippen molar-refractivity contribution >= 4 is 44.7 Å². The number of carbonyl (C=O) groups excluding carboxylic acids is 2. The molecular formula is C19H19BrF3N3O5. The van der Waals surface area contributed by atoms with E-state index in [0.717, 1.165) is 10.9 Å². The molecule has 1 aliphatic heterocycles. The number of carbonyl (C=O) groups is 3. The second-order valence-electron chi connectivity index (χ2n) is 7.09. The molecule has 1 aromatic carbocycles. The van der Waals surface area contributed by atoms with Gasteiger partial charge in [0.2, 0.25) is 6.04 Å². The summed E-state index contributed by atoms with van der Waals surface area (Å²) in [6.45, 7) is 2.53. The molecule has 1 N–H and O–H groups in total. The molecule has 2 aromatic rings. The van der Waals surface area contributed by atoms with Crippen LogP contribution in [0.2, 0.25) is 0 Å². The monoisotopic (exact) mass is 505 g/mol. The zero-order valence-corrected chi connectivity index (χ0v) is 18.1. The molecule has 1 aromatic heterocycles. The normalized spacial score (nSPS) is 19.8. The predicted molar refractivity (Wildman–Crippen MR) is 106 cm³/mol. The molecule has 3 atom stereocenters. The molecule has 2 heterocycles. The average Bonchev–Trinajstić information content (AvgIpc) is 3.29. The zero-order chi connectivity index (χ0) is 23.0. The van der Waals surface area contributed by atoms with Crippen molar-refractivity contribution in [2.45, 2.75) is 44.9 Å². The Morgan fingerprint density at radius 2 is 2.06 bits per heavy atom. The van der Waals surface area contributed by atoms with Gasteiger partial charge in [-0.25, -0.2) is 27.4 Å². The van der Waals surface area contributed by atoms with Crippen LogP contribution in [0.4, 0.5) is 18.0 Å². The first-order chi connectivity index (χ1) is 14.6. The van der Waals surface area contributed by atoms with Crippen LogP contribution < -0.4 is 0 Å². The Bertz CT molecular complexity index is 1040. The van der Waals surface area contributed by atoms with Crippen molar-refractivity contribution in [3.05, 3.63) is 27.9 Å². The molecule has 1 aliphatic rings. The molecule has 1 saturated heterocycles. The summed E-state index contributed by atoms with van der Waals surface area (Å²) >= 11 is 3.19. The summed E-state index contributed by atoms with van der Waals surface area (Å²) < 4.78 is 47.2. The SMILES string of the molecule is CCOC(=O)C(C(=O)[C@@H]1C[C@@H](F)CN1C(=O)O)n1cc2c(C(F)F)cc(Br)c(C)c2n1. The van der Waals surface area contributed by atoms with Gasteiger partial charge in [-0.1, -0.05) is 15.9 Å². The molecule has 0 aliphatic carbocycles. The number of fused-ring (bicyclic) bond motifs is 1. The van der Waals surface area contributed by atoms with Crippen molar-refractivity contribution < 1.29 is 37.4 Å². The minimum atomic E-state index is -2.85. The zero-order valence-electron chi connectivity index (χ0n) is 16.5. The topological polar surface area (TPSA) is 102 Å². The largest absolute Gasteiger partial charge is 0.465 e. The molecule has 0 bridgehead atoms. The van der Waals surface area contributed by atoms with E-state index in [9.17, 15) is 32.7 Å². The number of nitrogens with zero attached hydrogens (tertiary/aromatic N) is 3. The van der Waals surface area contributed by atoms with Crippen LogP contribution >= 0.6 is 15.9 Å². The Morgan fingerprint density at radius 1 is 1.39 bits per heavy atom. The van der Waals surface area contributed by atoms with E-state index in [2.05, 4.69) is 21.0 Å². The Balaban J connectivity index is 2.13. The summed E-state index contributed by atoms with van der Waals surface area (Å²) in [6, 6.07) is -1.96. The highest BCUT2D eigenvalue weighted by Gasteiger charge is 2.45. The van der Waals surface area contributed by atoms with Gasteiger partial charge in [0.15, 0.2) is 5.78 Å². The average molecular weight is 506 g/mol. The van der Waals surface area contributed by atoms with Crippen molar-refractivity contribution in [2.24, 2.45) is 0 Å². The number of amides is 1. The van der Waals surface area contributed by atoms with E-state index in [1.807, 2.05) is 0 Å². The highest BCUT2D eigenvalue weighted by Crippen LogP contribution is 2.35. The number of carboxylic acid groups (broad SMARTS) is 1. The number of esters is 1. The summed E-state index contributed by atoms with van der Waals surface area (Å²) in [5, 5.41) is 13.5. The van der Waals surface area contributed by atoms with Crippen LogP contribution in [0.5, 0.6) is 0 Å². The first-order valence-electron chi connectivity index (χ1n) is 9.36. The van der Waals surface area contributed by atoms with Crippen LogP contribution in [-0.2, 0) is 14.3 Å². The molecule has 0 spiro atoms. The maximum absolute atomic E-state index is 13.9. The highest BCUT2D eigenvalue weighted by molar-refractivity contribution is 9.10. The Morgan fingerprint density at radius 3 is 2.65 bits per heavy atom. The molecule has 1 amide bonds. The number of likely N-dealkylation sites (tertiary alicyclic amines) is 1. The minimum Gasteiger partial charge on any atom is -0.465 e. The van der Waals surface area contributed by atoms with Gasteiger partial charge < -0.3 is 9.84 Å². The smallest absolute Gasteiger partial charge is 0.408 e. The van der Waals surface area contributed by atoms with E-state index in [1.165, 1.54) is 13.0 Å². The van der Waals surface area contributed by atoms with Crippen molar-refractivity contribution in [3.8, 4) is 0 Å². The second kappa shape index (κ2) is 8.85. The summed E-state index contributed by atoms with van der Waals surface area (Å²) in [5.74, 6) is -1.98. The number of ketones is 1. The lowest BCUT2D eigenvalue weighted by Crippen LogP contribution is -2.45. The van der Waals surface area contributed by atoms with E-state index in [1.54, 1.807) is 6.92 Å². The van der Waals surface area contributed by atoms with Crippen molar-refractivity contribution in [3.63, 3.8) is 0 Å². The number of rotatable bonds is 6. The molecule has 1 unspecified atom stereocenters. The summed E-state index contributed by atoms with van der Waals surface area (Å²) in [5.41, 5.74) is 0.285. The van der Waals surface area contributed by atoms with Gasteiger partial charge in [0.05, 0.1) is 24.7 Å². The summed E-state index contributed by atoms with van der Waals surface area (Å²) in [7, 11) is 0. The Hall–Kier alpha value is -2.63. The van der Waals surface area contributed by atoms with Gasteiger partial charge in [0.1, 0.15) is 6.17 Å². The number of ether oxygens (including phenoxy) is 1. The number of alkyl halides is 3. The first kappa shape index (κ1) is 23.0. The quantitative estimate of drug-likeness (QED) is 0.473. The van der Waals surface area contributed by atoms with E-state index >= 15 is 0 Å². The second-order valence-corrected chi connectivity index (χ2v) is 7.94. The fourth-order valence-electron chi connectivity index (χ4n) is 3.65. The number of hydrogen-bond donors (Lipinski definition) is 1. The maximum Gasteiger partial charge on any atom is 0.408 e. The molecule has 31 heavy (non-hydrogen) atoms. The first-order valence-corrected chi connectivity index (χ1v) is 10.2. The molecule has 12 heteroatoms. The number of aryl methyl sites for hydroxylation is 1. The lowest BCUT2D eigenvalue weighted by atomic mass is 10.0. The van der Waals surface area contributed by atoms with Crippen LogP contribution in [0.25, 0.3) is 10.9 Å². The van der Waals surface area contributed by atoms with Gasteiger partial charge in [-0.05, 0) is 25.5 Å². The van der Waals surface area contributed by atoms with Crippen LogP contribution in [0.15, 0.2) is 16.7 Å². The standard InChI is InChI=1S/C19H19BrF3N3O5/c1-3-31-18(28)15(16(27)13-4-9(21)6-25(13)19(29)30)26-7-11-10(17(22)23)5-12(20)8(2)14(11)24-26/h5,7,9,13,15,17H,3-4,6H2,1-2H3,(H,29,30)/t9-,13+,15?/m1/s1. The lowest BCUT2D eigenvalue weighted by molar-refractivity contribution is -0.152. The third kappa shape index (κ3) is 4.25. The predicted octanol–water partition coefficient (Wildman–Crippen LogP) is 3.81. The van der Waals surface area contributed by atoms with Crippen LogP contribution in [0.3, 0.4) is 0 Å². The van der Waals surface area contributed by atoms with Gasteiger partial charge in [-0.3, -0.25) is 9.69 Å². The van der Waals surface area contributed by atoms with Crippen molar-refractivity contribution in [2.75, 3.05) is 13.2 Å². The number of halogens is 4. The molecule has 168 valence electrons. The van der Waals surface area contributed by atoms with Gasteiger partial charge in [0.25, 0.3) is 6.43 Å². The van der Waals surface area contributed by atoms with Crippen LogP contribution in [0.1, 0.15) is 36.9 Å². The van der Waals surface area contributed by atoms with Gasteiger partial charge in [-0.2, -0.15) is 5.10 Å². The Kier molecular flexibility index (Phi) is 6.58. The van der Waals surface area contributed by atoms with Gasteiger partial charge >= 0.3 is 12.1 Å². The molecule has 1 fully saturated rings. The number of benzene rings is 1. The fraction of sp³-hybridized carbons (Fsp3) is 0.474. The van der Waals surface area contributed by atoms with E-state index in [4.69, 9.17) is 4.74 Å². The van der Waals surface area contributed by atoms with E-state index in [0.29, 0.717) is 14.9 Å². The van der Waals surface area contributed by atoms with E-state index < -0.39 is 55.5 Å². The van der Waals surface area contributed by atoms with Crippen molar-refractivity contribution in [1.29, 1.82) is 0 Å². The van der Waals surface area contributed by atoms with Gasteiger partial charge in [0, 0.05) is 28.0 Å². The molecule has 0 radical (unpaired) electrons. The summed E-state index contributed by atoms with van der Waals surface area (Å²) in [4.78, 5) is 37.9. The molecule has 3 rings (SSSR count). The molecular weight excluding hydrogens is 487 g/mol. The number of aromatic nitrogens is 2. The number of Topliss-reactive ketones (excluding diaryl/α,β-unsaturated/α-hetero) is 1. The van der Waals surface area contributed by atoms with Crippen LogP contribution in [-0.4, -0.2) is 63.0 Å². The highest BCUT2D eigenvalue weighted by atomic mass is 79.9. The molecule has 8 nitrogen and oxygen atoms in total. The van der Waals surface area contributed by atoms with Crippen LogP contribution in [0, 0.1) is 6.92 Å². The molecule has 0 saturated carbocycles. The maximum atomic E-state index is 13.9. The van der Waals surface area contributed by atoms with Crippen molar-refractivity contribution in [1.82, 2.24) is 14.7 Å². The van der Waals surface area contributed by atoms with E-state index in [-0.39, 0.29) is 23.1 Å². The number of hydrogen-bond acceptors (Lipinski definition) is 5. The minimum absolute atomic E-state index is 0.0303. The third-order valence-electron chi connectivity index (χ3n) is 5.14.